The number of aliphatic hydroxyl groups is 1. The van der Waals surface area contributed by atoms with Gasteiger partial charge in [-0.05, 0) is 17.8 Å². The van der Waals surface area contributed by atoms with Gasteiger partial charge in [-0.25, -0.2) is 4.98 Å². The molecule has 1 aromatic rings. The number of imidazole rings is 1. The van der Waals surface area contributed by atoms with Gasteiger partial charge in [-0.2, -0.15) is 0 Å². The van der Waals surface area contributed by atoms with Gasteiger partial charge >= 0.3 is 0 Å². The molecule has 0 spiro atoms. The van der Waals surface area contributed by atoms with Crippen LogP contribution in [0.1, 0.15) is 33.0 Å². The van der Waals surface area contributed by atoms with Crippen LogP contribution in [0.5, 0.6) is 0 Å². The van der Waals surface area contributed by atoms with Crippen molar-refractivity contribution in [2.75, 3.05) is 6.61 Å². The van der Waals surface area contributed by atoms with Crippen LogP contribution in [-0.4, -0.2) is 21.3 Å². The van der Waals surface area contributed by atoms with Gasteiger partial charge in [0.1, 0.15) is 5.82 Å². The van der Waals surface area contributed by atoms with E-state index in [1.807, 2.05) is 24.0 Å². The van der Waals surface area contributed by atoms with E-state index >= 15 is 0 Å². The number of aryl methyl sites for hydroxylation is 2. The fourth-order valence-corrected chi connectivity index (χ4v) is 1.74. The third-order valence-corrected chi connectivity index (χ3v) is 3.08. The van der Waals surface area contributed by atoms with Gasteiger partial charge in [0.25, 0.3) is 0 Å². The fourth-order valence-electron chi connectivity index (χ4n) is 1.74. The molecule has 0 fully saturated rings. The normalized spacial score (nSPS) is 14.2. The summed E-state index contributed by atoms with van der Waals surface area (Å²) in [5.41, 5.74) is 0.167. The number of nitrogens with zero attached hydrogens (tertiary/aromatic N) is 2. The minimum atomic E-state index is 0.167. The zero-order valence-corrected chi connectivity index (χ0v) is 10.2. The molecular weight excluding hydrogens is 188 g/mol. The van der Waals surface area contributed by atoms with Crippen molar-refractivity contribution in [2.45, 2.75) is 33.6 Å². The molecule has 0 radical (unpaired) electrons. The highest BCUT2D eigenvalue weighted by Crippen LogP contribution is 2.29. The molecule has 0 amide bonds. The lowest BCUT2D eigenvalue weighted by Gasteiger charge is -2.28. The molecule has 3 nitrogen and oxygen atoms in total. The summed E-state index contributed by atoms with van der Waals surface area (Å²) in [5.74, 6) is 1.44. The smallest absolute Gasteiger partial charge is 0.108 e. The monoisotopic (exact) mass is 210 g/mol. The van der Waals surface area contributed by atoms with E-state index in [1.54, 1.807) is 0 Å². The van der Waals surface area contributed by atoms with Gasteiger partial charge in [0.2, 0.25) is 0 Å². The minimum Gasteiger partial charge on any atom is -0.396 e. The maximum Gasteiger partial charge on any atom is 0.108 e. The van der Waals surface area contributed by atoms with Crippen molar-refractivity contribution in [3.05, 3.63) is 18.2 Å². The van der Waals surface area contributed by atoms with Crippen LogP contribution < -0.4 is 0 Å². The molecule has 0 aliphatic rings. The molecule has 3 heteroatoms. The van der Waals surface area contributed by atoms with Crippen LogP contribution in [0.2, 0.25) is 0 Å². The van der Waals surface area contributed by atoms with E-state index in [-0.39, 0.29) is 12.0 Å². The Bertz CT molecular complexity index is 299. The average molecular weight is 210 g/mol. The summed E-state index contributed by atoms with van der Waals surface area (Å²) in [7, 11) is 2.01. The first-order valence-corrected chi connectivity index (χ1v) is 5.52. The largest absolute Gasteiger partial charge is 0.396 e. The highest BCUT2D eigenvalue weighted by Gasteiger charge is 2.23. The Labute approximate surface area is 92.1 Å². The summed E-state index contributed by atoms with van der Waals surface area (Å²) in [6.07, 6.45) is 5.71. The predicted molar refractivity (Wildman–Crippen MR) is 61.6 cm³/mol. The summed E-state index contributed by atoms with van der Waals surface area (Å²) in [6, 6.07) is 0. The van der Waals surface area contributed by atoms with Gasteiger partial charge in [-0.1, -0.05) is 20.8 Å². The van der Waals surface area contributed by atoms with Crippen LogP contribution >= 0.6 is 0 Å². The van der Waals surface area contributed by atoms with E-state index in [0.29, 0.717) is 5.92 Å². The molecule has 1 atom stereocenters. The first-order chi connectivity index (χ1) is 6.95. The van der Waals surface area contributed by atoms with Crippen molar-refractivity contribution in [1.82, 2.24) is 9.55 Å². The van der Waals surface area contributed by atoms with Crippen LogP contribution in [0.25, 0.3) is 0 Å². The molecule has 1 heterocycles. The zero-order valence-electron chi connectivity index (χ0n) is 10.2. The number of aliphatic hydroxyl groups excluding tert-OH is 1. The second-order valence-corrected chi connectivity index (χ2v) is 5.24. The first-order valence-electron chi connectivity index (χ1n) is 5.52. The van der Waals surface area contributed by atoms with E-state index in [2.05, 4.69) is 25.8 Å². The van der Waals surface area contributed by atoms with E-state index in [9.17, 15) is 5.11 Å². The van der Waals surface area contributed by atoms with E-state index < -0.39 is 0 Å². The van der Waals surface area contributed by atoms with Gasteiger partial charge in [0, 0.05) is 32.5 Å². The van der Waals surface area contributed by atoms with Gasteiger partial charge in [-0.3, -0.25) is 0 Å². The van der Waals surface area contributed by atoms with Gasteiger partial charge in [0.15, 0.2) is 0 Å². The highest BCUT2D eigenvalue weighted by atomic mass is 16.3. The zero-order chi connectivity index (χ0) is 11.5. The Morgan fingerprint density at radius 1 is 1.47 bits per heavy atom. The third kappa shape index (κ3) is 3.34. The van der Waals surface area contributed by atoms with Gasteiger partial charge < -0.3 is 9.67 Å². The lowest BCUT2D eigenvalue weighted by Crippen LogP contribution is -2.24. The summed E-state index contributed by atoms with van der Waals surface area (Å²) in [5, 5.41) is 9.33. The van der Waals surface area contributed by atoms with Crippen LogP contribution in [0, 0.1) is 11.3 Å². The standard InChI is InChI=1S/C12H22N2O/c1-12(2,3)10(9-15)5-6-11-13-7-8-14(11)4/h7-8,10,15H,5-6,9H2,1-4H3. The van der Waals surface area contributed by atoms with Crippen molar-refractivity contribution < 1.29 is 5.11 Å². The summed E-state index contributed by atoms with van der Waals surface area (Å²) in [4.78, 5) is 4.29. The Morgan fingerprint density at radius 2 is 2.13 bits per heavy atom. The Hall–Kier alpha value is -0.830. The molecule has 1 unspecified atom stereocenters. The first kappa shape index (κ1) is 12.2. The van der Waals surface area contributed by atoms with Crippen LogP contribution in [0.15, 0.2) is 12.4 Å². The fraction of sp³-hybridized carbons (Fsp3) is 0.750. The van der Waals surface area contributed by atoms with Gasteiger partial charge in [-0.15, -0.1) is 0 Å². The lowest BCUT2D eigenvalue weighted by atomic mass is 9.78. The van der Waals surface area contributed by atoms with Crippen molar-refractivity contribution >= 4 is 0 Å². The molecule has 86 valence electrons. The van der Waals surface area contributed by atoms with Crippen molar-refractivity contribution in [1.29, 1.82) is 0 Å². The van der Waals surface area contributed by atoms with E-state index in [0.717, 1.165) is 18.7 Å². The number of aromatic nitrogens is 2. The Kier molecular flexibility index (Phi) is 3.91. The summed E-state index contributed by atoms with van der Waals surface area (Å²) in [6.45, 7) is 6.78. The molecule has 1 N–H and O–H groups in total. The highest BCUT2D eigenvalue weighted by molar-refractivity contribution is 4.92. The van der Waals surface area contributed by atoms with Crippen LogP contribution in [0.4, 0.5) is 0 Å². The van der Waals surface area contributed by atoms with Gasteiger partial charge in [0.05, 0.1) is 0 Å². The van der Waals surface area contributed by atoms with Crippen LogP contribution in [0.3, 0.4) is 0 Å². The third-order valence-electron chi connectivity index (χ3n) is 3.08. The summed E-state index contributed by atoms with van der Waals surface area (Å²) >= 11 is 0. The molecule has 0 saturated carbocycles. The number of rotatable bonds is 4. The lowest BCUT2D eigenvalue weighted by molar-refractivity contribution is 0.123. The second-order valence-electron chi connectivity index (χ2n) is 5.24. The van der Waals surface area contributed by atoms with Crippen molar-refractivity contribution in [2.24, 2.45) is 18.4 Å². The topological polar surface area (TPSA) is 38.0 Å². The number of hydrogen-bond acceptors (Lipinski definition) is 2. The minimum absolute atomic E-state index is 0.167. The van der Waals surface area contributed by atoms with Crippen LogP contribution in [-0.2, 0) is 13.5 Å². The molecule has 1 aromatic heterocycles. The molecular formula is C12H22N2O. The molecule has 0 aliphatic carbocycles. The molecule has 0 saturated heterocycles. The maximum absolute atomic E-state index is 9.33. The van der Waals surface area contributed by atoms with E-state index in [1.165, 1.54) is 0 Å². The molecule has 15 heavy (non-hydrogen) atoms. The summed E-state index contributed by atoms with van der Waals surface area (Å²) < 4.78 is 2.04. The molecule has 1 rings (SSSR count). The Balaban J connectivity index is 2.52. The van der Waals surface area contributed by atoms with Crippen molar-refractivity contribution in [3.8, 4) is 0 Å². The molecule has 0 bridgehead atoms. The maximum atomic E-state index is 9.33. The van der Waals surface area contributed by atoms with E-state index in [4.69, 9.17) is 0 Å². The molecule has 0 aliphatic heterocycles. The average Bonchev–Trinajstić information content (AvgIpc) is 2.50. The Morgan fingerprint density at radius 3 is 2.53 bits per heavy atom. The number of hydrogen-bond donors (Lipinski definition) is 1. The molecule has 0 aromatic carbocycles. The second kappa shape index (κ2) is 4.79. The predicted octanol–water partition coefficient (Wildman–Crippen LogP) is 2.01. The SMILES string of the molecule is Cn1ccnc1CCC(CO)C(C)(C)C. The quantitative estimate of drug-likeness (QED) is 0.825. The van der Waals surface area contributed by atoms with Crippen molar-refractivity contribution in [3.63, 3.8) is 0 Å².